The van der Waals surface area contributed by atoms with Gasteiger partial charge in [-0.1, -0.05) is 48.0 Å². The van der Waals surface area contributed by atoms with Crippen molar-refractivity contribution in [3.8, 4) is 0 Å². The fraction of sp³-hybridized carbons (Fsp3) is 0.364. The number of aromatic nitrogens is 1. The first-order valence-electron chi connectivity index (χ1n) is 9.92. The quantitative estimate of drug-likeness (QED) is 0.430. The van der Waals surface area contributed by atoms with Crippen molar-refractivity contribution in [3.05, 3.63) is 64.4 Å². The van der Waals surface area contributed by atoms with Gasteiger partial charge < -0.3 is 21.1 Å². The molecule has 31 heavy (non-hydrogen) atoms. The lowest BCUT2D eigenvalue weighted by atomic mass is 10.0. The fourth-order valence-electron chi connectivity index (χ4n) is 2.96. The molecule has 0 aliphatic rings. The number of carbonyl (C=O) groups excluding carboxylic acids is 2. The Morgan fingerprint density at radius 2 is 1.71 bits per heavy atom. The molecule has 0 saturated carbocycles. The maximum atomic E-state index is 12.9. The molecular formula is C22H27BrN4O4. The Kier molecular flexibility index (Phi) is 8.99. The Hall–Kier alpha value is -2.94. The molecule has 4 N–H and O–H groups in total. The second-order valence-electron chi connectivity index (χ2n) is 7.58. The molecule has 2 aromatic rings. The van der Waals surface area contributed by atoms with Crippen LogP contribution in [-0.4, -0.2) is 40.1 Å². The van der Waals surface area contributed by atoms with Crippen molar-refractivity contribution in [3.63, 3.8) is 0 Å². The van der Waals surface area contributed by atoms with Gasteiger partial charge in [0.05, 0.1) is 6.04 Å². The first kappa shape index (κ1) is 24.3. The van der Waals surface area contributed by atoms with E-state index < -0.39 is 30.0 Å². The van der Waals surface area contributed by atoms with Crippen LogP contribution in [0.15, 0.2) is 53.3 Å². The minimum atomic E-state index is -1.13. The minimum Gasteiger partial charge on any atom is -0.480 e. The molecule has 0 aliphatic heterocycles. The monoisotopic (exact) mass is 490 g/mol. The number of nitrogens with zero attached hydrogens (tertiary/aromatic N) is 1. The molecule has 0 unspecified atom stereocenters. The first-order valence-corrected chi connectivity index (χ1v) is 10.7. The summed E-state index contributed by atoms with van der Waals surface area (Å²) in [5.74, 6) is -2.01. The third kappa shape index (κ3) is 7.67. The molecule has 1 heterocycles. The molecule has 0 fully saturated rings. The van der Waals surface area contributed by atoms with Gasteiger partial charge in [0, 0.05) is 23.3 Å². The molecule has 0 aliphatic carbocycles. The van der Waals surface area contributed by atoms with E-state index in [1.165, 1.54) is 0 Å². The predicted molar refractivity (Wildman–Crippen MR) is 120 cm³/mol. The smallest absolute Gasteiger partial charge is 0.326 e. The van der Waals surface area contributed by atoms with Crippen LogP contribution in [0.25, 0.3) is 0 Å². The summed E-state index contributed by atoms with van der Waals surface area (Å²) in [6.07, 6.45) is 3.38. The summed E-state index contributed by atoms with van der Waals surface area (Å²) in [6.45, 7) is 5.24. The van der Waals surface area contributed by atoms with Crippen molar-refractivity contribution >= 4 is 33.8 Å². The molecule has 2 rings (SSSR count). The molecule has 166 valence electrons. The molecule has 0 saturated heterocycles. The third-order valence-electron chi connectivity index (χ3n) is 4.73. The number of rotatable bonds is 9. The largest absolute Gasteiger partial charge is 0.480 e. The Labute approximate surface area is 190 Å². The van der Waals surface area contributed by atoms with Crippen molar-refractivity contribution in [2.45, 2.75) is 45.3 Å². The van der Waals surface area contributed by atoms with Crippen molar-refractivity contribution in [2.24, 2.45) is 5.92 Å². The second-order valence-corrected chi connectivity index (χ2v) is 8.49. The zero-order chi connectivity index (χ0) is 23.0. The standard InChI is InChI=1S/C22H27BrN4O4/c1-13(2)19(21(29)30)27-20(28)18(11-15-5-4-10-24-12-15)26-22(31)25-14(3)16-6-8-17(23)9-7-16/h4-10,12-14,18-19H,11H2,1-3H3,(H,27,28)(H,29,30)(H2,25,26,31)/t14-,18+,19+/m1/s1. The lowest BCUT2D eigenvalue weighted by Gasteiger charge is -2.24. The minimum absolute atomic E-state index is 0.171. The van der Waals surface area contributed by atoms with Gasteiger partial charge in [0.2, 0.25) is 5.91 Å². The van der Waals surface area contributed by atoms with Gasteiger partial charge in [0.25, 0.3) is 0 Å². The average molecular weight is 491 g/mol. The molecule has 3 atom stereocenters. The van der Waals surface area contributed by atoms with Crippen LogP contribution in [0.3, 0.4) is 0 Å². The molecule has 0 spiro atoms. The van der Waals surface area contributed by atoms with Crippen LogP contribution >= 0.6 is 15.9 Å². The van der Waals surface area contributed by atoms with Gasteiger partial charge in [-0.25, -0.2) is 9.59 Å². The number of hydrogen-bond donors (Lipinski definition) is 4. The Bertz CT molecular complexity index is 890. The van der Waals surface area contributed by atoms with E-state index in [4.69, 9.17) is 0 Å². The van der Waals surface area contributed by atoms with Crippen LogP contribution in [0, 0.1) is 5.92 Å². The van der Waals surface area contributed by atoms with Crippen LogP contribution in [0.1, 0.15) is 37.9 Å². The number of carboxylic acid groups (broad SMARTS) is 1. The predicted octanol–water partition coefficient (Wildman–Crippen LogP) is 3.04. The number of nitrogens with one attached hydrogen (secondary N) is 3. The van der Waals surface area contributed by atoms with Crippen molar-refractivity contribution in [1.82, 2.24) is 20.9 Å². The van der Waals surface area contributed by atoms with Crippen molar-refractivity contribution in [1.29, 1.82) is 0 Å². The topological polar surface area (TPSA) is 120 Å². The molecular weight excluding hydrogens is 464 g/mol. The van der Waals surface area contributed by atoms with E-state index in [9.17, 15) is 19.5 Å². The number of aliphatic carboxylic acids is 1. The summed E-state index contributed by atoms with van der Waals surface area (Å²) >= 11 is 3.37. The number of benzene rings is 1. The Morgan fingerprint density at radius 1 is 1.03 bits per heavy atom. The summed E-state index contributed by atoms with van der Waals surface area (Å²) in [5, 5.41) is 17.4. The van der Waals surface area contributed by atoms with E-state index in [-0.39, 0.29) is 18.4 Å². The molecule has 3 amide bonds. The first-order chi connectivity index (χ1) is 14.7. The zero-order valence-electron chi connectivity index (χ0n) is 17.6. The lowest BCUT2D eigenvalue weighted by molar-refractivity contribution is -0.143. The summed E-state index contributed by atoms with van der Waals surface area (Å²) in [5.41, 5.74) is 1.64. The summed E-state index contributed by atoms with van der Waals surface area (Å²) in [7, 11) is 0. The zero-order valence-corrected chi connectivity index (χ0v) is 19.2. The van der Waals surface area contributed by atoms with Gasteiger partial charge in [0.1, 0.15) is 12.1 Å². The van der Waals surface area contributed by atoms with Crippen molar-refractivity contribution in [2.75, 3.05) is 0 Å². The summed E-state index contributed by atoms with van der Waals surface area (Å²) in [6, 6.07) is 8.18. The molecule has 1 aromatic heterocycles. The van der Waals surface area contributed by atoms with E-state index in [0.29, 0.717) is 0 Å². The van der Waals surface area contributed by atoms with Gasteiger partial charge in [-0.15, -0.1) is 0 Å². The number of hydrogen-bond acceptors (Lipinski definition) is 4. The highest BCUT2D eigenvalue weighted by Crippen LogP contribution is 2.16. The van der Waals surface area contributed by atoms with Crippen LogP contribution in [-0.2, 0) is 16.0 Å². The van der Waals surface area contributed by atoms with Gasteiger partial charge in [-0.2, -0.15) is 0 Å². The molecule has 8 nitrogen and oxygen atoms in total. The number of halogens is 1. The van der Waals surface area contributed by atoms with Crippen LogP contribution in [0.5, 0.6) is 0 Å². The van der Waals surface area contributed by atoms with E-state index in [1.54, 1.807) is 38.4 Å². The SMILES string of the molecule is CC(C)[C@H](NC(=O)[C@H](Cc1cccnc1)NC(=O)N[C@H](C)c1ccc(Br)cc1)C(=O)O. The number of carbonyl (C=O) groups is 3. The molecule has 0 bridgehead atoms. The molecule has 0 radical (unpaired) electrons. The summed E-state index contributed by atoms with van der Waals surface area (Å²) < 4.78 is 0.930. The van der Waals surface area contributed by atoms with Crippen LogP contribution < -0.4 is 16.0 Å². The highest BCUT2D eigenvalue weighted by molar-refractivity contribution is 9.10. The fourth-order valence-corrected chi connectivity index (χ4v) is 3.23. The summed E-state index contributed by atoms with van der Waals surface area (Å²) in [4.78, 5) is 41.0. The number of carboxylic acids is 1. The van der Waals surface area contributed by atoms with E-state index in [0.717, 1.165) is 15.6 Å². The Morgan fingerprint density at radius 3 is 2.26 bits per heavy atom. The van der Waals surface area contributed by atoms with E-state index >= 15 is 0 Å². The third-order valence-corrected chi connectivity index (χ3v) is 5.26. The normalized spacial score (nSPS) is 13.7. The highest BCUT2D eigenvalue weighted by Gasteiger charge is 2.29. The molecule has 9 heteroatoms. The van der Waals surface area contributed by atoms with Crippen molar-refractivity contribution < 1.29 is 19.5 Å². The number of urea groups is 1. The second kappa shape index (κ2) is 11.5. The maximum Gasteiger partial charge on any atom is 0.326 e. The van der Waals surface area contributed by atoms with Crippen LogP contribution in [0.2, 0.25) is 0 Å². The van der Waals surface area contributed by atoms with Gasteiger partial charge in [-0.3, -0.25) is 9.78 Å². The lowest BCUT2D eigenvalue weighted by Crippen LogP contribution is -2.55. The highest BCUT2D eigenvalue weighted by atomic mass is 79.9. The number of amides is 3. The molecule has 1 aromatic carbocycles. The van der Waals surface area contributed by atoms with Gasteiger partial charge >= 0.3 is 12.0 Å². The van der Waals surface area contributed by atoms with Gasteiger partial charge in [-0.05, 0) is 42.2 Å². The Balaban J connectivity index is 2.11. The van der Waals surface area contributed by atoms with E-state index in [1.807, 2.05) is 31.2 Å². The van der Waals surface area contributed by atoms with Gasteiger partial charge in [0.15, 0.2) is 0 Å². The van der Waals surface area contributed by atoms with E-state index in [2.05, 4.69) is 36.9 Å². The number of pyridine rings is 1. The van der Waals surface area contributed by atoms with Crippen LogP contribution in [0.4, 0.5) is 4.79 Å². The maximum absolute atomic E-state index is 12.9. The average Bonchev–Trinajstić information content (AvgIpc) is 2.72.